The van der Waals surface area contributed by atoms with Gasteiger partial charge in [-0.25, -0.2) is 4.79 Å². The fourth-order valence-electron chi connectivity index (χ4n) is 0.570. The first-order valence-electron chi connectivity index (χ1n) is 3.82. The number of ether oxygens (including phenoxy) is 1. The van der Waals surface area contributed by atoms with Crippen molar-refractivity contribution in [2.24, 2.45) is 0 Å². The van der Waals surface area contributed by atoms with Crippen molar-refractivity contribution < 1.29 is 14.3 Å². The van der Waals surface area contributed by atoms with Crippen molar-refractivity contribution in [1.29, 1.82) is 0 Å². The minimum atomic E-state index is -0.825. The predicted molar refractivity (Wildman–Crippen MR) is 43.6 cm³/mol. The molecule has 5 nitrogen and oxygen atoms in total. The fourth-order valence-corrected chi connectivity index (χ4v) is 0.570. The maximum Gasteiger partial charge on any atom is 0.396 e. The first-order chi connectivity index (χ1) is 5.72. The predicted octanol–water partition coefficient (Wildman–Crippen LogP) is -1.11. The second-order valence-electron chi connectivity index (χ2n) is 2.08. The number of esters is 1. The number of amides is 1. The summed E-state index contributed by atoms with van der Waals surface area (Å²) in [6.45, 7) is 2.93. The fraction of sp³-hybridized carbons (Fsp3) is 0.714. The van der Waals surface area contributed by atoms with Crippen molar-refractivity contribution in [3.8, 4) is 0 Å². The Balaban J connectivity index is 3.50. The molecule has 0 saturated heterocycles. The number of carbonyl (C=O) groups is 2. The number of nitrogens with one attached hydrogen (secondary N) is 2. The van der Waals surface area contributed by atoms with Crippen molar-refractivity contribution >= 4 is 11.9 Å². The SMILES string of the molecule is CCOC(=O)C(=O)NCCNC. The molecule has 0 atom stereocenters. The molecular formula is C7H14N2O3. The van der Waals surface area contributed by atoms with Gasteiger partial charge in [-0.1, -0.05) is 0 Å². The highest BCUT2D eigenvalue weighted by atomic mass is 16.5. The van der Waals surface area contributed by atoms with Crippen LogP contribution in [-0.4, -0.2) is 38.6 Å². The van der Waals surface area contributed by atoms with Gasteiger partial charge in [0.15, 0.2) is 0 Å². The molecule has 0 saturated carbocycles. The van der Waals surface area contributed by atoms with Gasteiger partial charge in [0.1, 0.15) is 0 Å². The average Bonchev–Trinajstić information content (AvgIpc) is 2.05. The summed E-state index contributed by atoms with van der Waals surface area (Å²) in [4.78, 5) is 21.5. The van der Waals surface area contributed by atoms with Gasteiger partial charge in [0.25, 0.3) is 0 Å². The molecule has 12 heavy (non-hydrogen) atoms. The molecule has 0 fully saturated rings. The zero-order chi connectivity index (χ0) is 9.40. The maximum atomic E-state index is 10.8. The lowest BCUT2D eigenvalue weighted by Crippen LogP contribution is -2.36. The number of hydrogen-bond donors (Lipinski definition) is 2. The normalized spacial score (nSPS) is 9.17. The molecule has 0 unspecified atom stereocenters. The summed E-state index contributed by atoms with van der Waals surface area (Å²) in [6, 6.07) is 0. The zero-order valence-electron chi connectivity index (χ0n) is 7.35. The highest BCUT2D eigenvalue weighted by Crippen LogP contribution is 1.76. The molecule has 0 bridgehead atoms. The Morgan fingerprint density at radius 2 is 2.00 bits per heavy atom. The lowest BCUT2D eigenvalue weighted by atomic mass is 10.5. The Hall–Kier alpha value is -1.10. The topological polar surface area (TPSA) is 67.4 Å². The highest BCUT2D eigenvalue weighted by molar-refractivity contribution is 6.32. The van der Waals surface area contributed by atoms with Crippen molar-refractivity contribution in [3.63, 3.8) is 0 Å². The van der Waals surface area contributed by atoms with Crippen LogP contribution in [0.5, 0.6) is 0 Å². The summed E-state index contributed by atoms with van der Waals surface area (Å²) in [5.74, 6) is -1.51. The van der Waals surface area contributed by atoms with Gasteiger partial charge in [0, 0.05) is 13.1 Å². The van der Waals surface area contributed by atoms with Crippen molar-refractivity contribution in [3.05, 3.63) is 0 Å². The summed E-state index contributed by atoms with van der Waals surface area (Å²) in [6.07, 6.45) is 0. The molecule has 0 radical (unpaired) electrons. The van der Waals surface area contributed by atoms with E-state index in [4.69, 9.17) is 0 Å². The van der Waals surface area contributed by atoms with E-state index < -0.39 is 11.9 Å². The molecule has 0 heterocycles. The minimum absolute atomic E-state index is 0.221. The van der Waals surface area contributed by atoms with E-state index in [1.165, 1.54) is 0 Å². The van der Waals surface area contributed by atoms with Gasteiger partial charge < -0.3 is 15.4 Å². The summed E-state index contributed by atoms with van der Waals surface area (Å²) >= 11 is 0. The van der Waals surface area contributed by atoms with E-state index in [9.17, 15) is 9.59 Å². The summed E-state index contributed by atoms with van der Waals surface area (Å²) in [5.41, 5.74) is 0. The van der Waals surface area contributed by atoms with Gasteiger partial charge in [-0.15, -0.1) is 0 Å². The van der Waals surface area contributed by atoms with Crippen LogP contribution in [0.2, 0.25) is 0 Å². The third kappa shape index (κ3) is 4.68. The molecule has 0 aliphatic carbocycles. The van der Waals surface area contributed by atoms with Gasteiger partial charge in [-0.3, -0.25) is 4.79 Å². The van der Waals surface area contributed by atoms with E-state index in [0.29, 0.717) is 13.1 Å². The van der Waals surface area contributed by atoms with Gasteiger partial charge in [-0.05, 0) is 14.0 Å². The third-order valence-corrected chi connectivity index (χ3v) is 1.12. The largest absolute Gasteiger partial charge is 0.459 e. The van der Waals surface area contributed by atoms with Gasteiger partial charge in [0.2, 0.25) is 0 Å². The molecule has 0 aromatic rings. The van der Waals surface area contributed by atoms with Crippen LogP contribution in [0.3, 0.4) is 0 Å². The van der Waals surface area contributed by atoms with Crippen LogP contribution in [0.4, 0.5) is 0 Å². The van der Waals surface area contributed by atoms with Gasteiger partial charge in [-0.2, -0.15) is 0 Å². The van der Waals surface area contributed by atoms with Crippen LogP contribution in [0, 0.1) is 0 Å². The van der Waals surface area contributed by atoms with Gasteiger partial charge >= 0.3 is 11.9 Å². The molecule has 2 N–H and O–H groups in total. The quantitative estimate of drug-likeness (QED) is 0.322. The molecule has 0 aliphatic rings. The van der Waals surface area contributed by atoms with E-state index in [2.05, 4.69) is 15.4 Å². The molecule has 0 aromatic carbocycles. The van der Waals surface area contributed by atoms with Crippen LogP contribution < -0.4 is 10.6 Å². The second kappa shape index (κ2) is 6.60. The first-order valence-corrected chi connectivity index (χ1v) is 3.82. The maximum absolute atomic E-state index is 10.8. The van der Waals surface area contributed by atoms with Crippen molar-refractivity contribution in [2.45, 2.75) is 6.92 Å². The summed E-state index contributed by atoms with van der Waals surface area (Å²) in [7, 11) is 1.76. The Morgan fingerprint density at radius 3 is 2.50 bits per heavy atom. The lowest BCUT2D eigenvalue weighted by molar-refractivity contribution is -0.154. The molecule has 0 aromatic heterocycles. The highest BCUT2D eigenvalue weighted by Gasteiger charge is 2.12. The second-order valence-corrected chi connectivity index (χ2v) is 2.08. The molecule has 0 aliphatic heterocycles. The average molecular weight is 174 g/mol. The number of rotatable bonds is 4. The lowest BCUT2D eigenvalue weighted by Gasteiger charge is -2.02. The molecule has 0 spiro atoms. The van der Waals surface area contributed by atoms with E-state index >= 15 is 0 Å². The first kappa shape index (κ1) is 10.9. The number of hydrogen-bond acceptors (Lipinski definition) is 4. The van der Waals surface area contributed by atoms with Crippen molar-refractivity contribution in [1.82, 2.24) is 10.6 Å². The van der Waals surface area contributed by atoms with E-state index in [1.54, 1.807) is 14.0 Å². The van der Waals surface area contributed by atoms with Crippen LogP contribution in [0.25, 0.3) is 0 Å². The number of carbonyl (C=O) groups excluding carboxylic acids is 2. The third-order valence-electron chi connectivity index (χ3n) is 1.12. The van der Waals surface area contributed by atoms with E-state index in [0.717, 1.165) is 0 Å². The smallest absolute Gasteiger partial charge is 0.396 e. The van der Waals surface area contributed by atoms with Crippen LogP contribution in [-0.2, 0) is 14.3 Å². The van der Waals surface area contributed by atoms with E-state index in [-0.39, 0.29) is 6.61 Å². The Morgan fingerprint density at radius 1 is 1.33 bits per heavy atom. The minimum Gasteiger partial charge on any atom is -0.459 e. The monoisotopic (exact) mass is 174 g/mol. The van der Waals surface area contributed by atoms with Gasteiger partial charge in [0.05, 0.1) is 6.61 Å². The molecular weight excluding hydrogens is 160 g/mol. The van der Waals surface area contributed by atoms with Crippen molar-refractivity contribution in [2.75, 3.05) is 26.7 Å². The Labute approximate surface area is 71.5 Å². The Kier molecular flexibility index (Phi) is 6.00. The Bertz CT molecular complexity index is 159. The number of likely N-dealkylation sites (N-methyl/N-ethyl adjacent to an activating group) is 1. The zero-order valence-corrected chi connectivity index (χ0v) is 7.35. The molecule has 70 valence electrons. The summed E-state index contributed by atoms with van der Waals surface area (Å²) in [5, 5.41) is 5.22. The van der Waals surface area contributed by atoms with E-state index in [1.807, 2.05) is 0 Å². The molecule has 5 heteroatoms. The van der Waals surface area contributed by atoms with Crippen LogP contribution in [0.1, 0.15) is 6.92 Å². The van der Waals surface area contributed by atoms with Crippen LogP contribution in [0.15, 0.2) is 0 Å². The molecule has 0 rings (SSSR count). The van der Waals surface area contributed by atoms with Crippen LogP contribution >= 0.6 is 0 Å². The molecule has 1 amide bonds. The standard InChI is InChI=1S/C7H14N2O3/c1-3-12-7(11)6(10)9-5-4-8-2/h8H,3-5H2,1-2H3,(H,9,10). The summed E-state index contributed by atoms with van der Waals surface area (Å²) < 4.78 is 4.46.